The van der Waals surface area contributed by atoms with Crippen molar-refractivity contribution in [3.05, 3.63) is 35.4 Å². The highest BCUT2D eigenvalue weighted by Crippen LogP contribution is 2.22. The molecule has 1 aromatic rings. The largest absolute Gasteiger partial charge is 0.491 e. The second-order valence-electron chi connectivity index (χ2n) is 5.73. The first-order valence-corrected chi connectivity index (χ1v) is 9.02. The van der Waals surface area contributed by atoms with Crippen LogP contribution in [0.25, 0.3) is 0 Å². The van der Waals surface area contributed by atoms with Crippen molar-refractivity contribution in [2.75, 3.05) is 19.6 Å². The van der Waals surface area contributed by atoms with E-state index in [1.54, 1.807) is 18.2 Å². The molecule has 0 atom stereocenters. The van der Waals surface area contributed by atoms with Gasteiger partial charge in [0.2, 0.25) is 10.0 Å². The molecule has 0 aliphatic carbocycles. The van der Waals surface area contributed by atoms with E-state index in [2.05, 4.69) is 10.0 Å². The molecule has 0 spiro atoms. The van der Waals surface area contributed by atoms with Crippen LogP contribution in [0.3, 0.4) is 0 Å². The summed E-state index contributed by atoms with van der Waals surface area (Å²) in [5.74, 6) is 0.718. The smallest absolute Gasteiger partial charge is 0.240 e. The number of benzene rings is 1. The number of aryl methyl sites for hydroxylation is 1. The van der Waals surface area contributed by atoms with Crippen LogP contribution < -0.4 is 14.8 Å². The van der Waals surface area contributed by atoms with Gasteiger partial charge in [0.05, 0.1) is 11.0 Å². The van der Waals surface area contributed by atoms with Crippen LogP contribution >= 0.6 is 0 Å². The third kappa shape index (κ3) is 4.56. The number of nitrogens with one attached hydrogen (secondary N) is 2. The van der Waals surface area contributed by atoms with Gasteiger partial charge in [-0.3, -0.25) is 0 Å². The minimum absolute atomic E-state index is 0.0612. The molecule has 6 heteroatoms. The molecule has 122 valence electrons. The Labute approximate surface area is 132 Å². The van der Waals surface area contributed by atoms with Gasteiger partial charge in [-0.15, -0.1) is 0 Å². The van der Waals surface area contributed by atoms with E-state index in [-0.39, 0.29) is 11.0 Å². The van der Waals surface area contributed by atoms with E-state index in [0.29, 0.717) is 6.54 Å². The van der Waals surface area contributed by atoms with E-state index in [4.69, 9.17) is 4.74 Å². The maximum absolute atomic E-state index is 12.4. The van der Waals surface area contributed by atoms with Crippen LogP contribution in [0, 0.1) is 6.92 Å². The lowest BCUT2D eigenvalue weighted by Crippen LogP contribution is -2.29. The summed E-state index contributed by atoms with van der Waals surface area (Å²) in [4.78, 5) is 0.274. The Balaban J connectivity index is 2.08. The van der Waals surface area contributed by atoms with Gasteiger partial charge in [0.15, 0.2) is 0 Å². The minimum atomic E-state index is -3.49. The van der Waals surface area contributed by atoms with Gasteiger partial charge in [-0.1, -0.05) is 11.6 Å². The van der Waals surface area contributed by atoms with Gasteiger partial charge in [0.1, 0.15) is 5.75 Å². The Morgan fingerprint density at radius 1 is 1.36 bits per heavy atom. The summed E-state index contributed by atoms with van der Waals surface area (Å²) < 4.78 is 33.0. The summed E-state index contributed by atoms with van der Waals surface area (Å²) in [7, 11) is -3.49. The van der Waals surface area contributed by atoms with Crippen molar-refractivity contribution in [2.45, 2.75) is 38.2 Å². The van der Waals surface area contributed by atoms with Gasteiger partial charge < -0.3 is 10.1 Å². The Kier molecular flexibility index (Phi) is 5.61. The summed E-state index contributed by atoms with van der Waals surface area (Å²) >= 11 is 0. The van der Waals surface area contributed by atoms with Crippen LogP contribution in [0.5, 0.6) is 5.75 Å². The topological polar surface area (TPSA) is 67.4 Å². The van der Waals surface area contributed by atoms with Gasteiger partial charge in [-0.2, -0.15) is 0 Å². The van der Waals surface area contributed by atoms with E-state index in [0.717, 1.165) is 36.4 Å². The van der Waals surface area contributed by atoms with Gasteiger partial charge >= 0.3 is 0 Å². The van der Waals surface area contributed by atoms with Gasteiger partial charge in [0, 0.05) is 13.1 Å². The van der Waals surface area contributed by atoms with E-state index in [1.165, 1.54) is 0 Å². The van der Waals surface area contributed by atoms with Crippen molar-refractivity contribution in [3.63, 3.8) is 0 Å². The summed E-state index contributed by atoms with van der Waals surface area (Å²) in [6, 6.07) is 4.95. The van der Waals surface area contributed by atoms with Crippen LogP contribution in [0.4, 0.5) is 0 Å². The van der Waals surface area contributed by atoms with Crippen molar-refractivity contribution in [1.29, 1.82) is 0 Å². The van der Waals surface area contributed by atoms with Gasteiger partial charge in [0.25, 0.3) is 0 Å². The van der Waals surface area contributed by atoms with Crippen molar-refractivity contribution in [1.82, 2.24) is 10.0 Å². The highest BCUT2D eigenvalue weighted by molar-refractivity contribution is 7.89. The minimum Gasteiger partial charge on any atom is -0.491 e. The van der Waals surface area contributed by atoms with Gasteiger partial charge in [-0.05, 0) is 57.5 Å². The molecule has 1 aliphatic rings. The molecule has 0 bridgehead atoms. The average molecular weight is 324 g/mol. The Bertz CT molecular complexity index is 651. The van der Waals surface area contributed by atoms with E-state index in [1.807, 2.05) is 26.8 Å². The number of hydrogen-bond donors (Lipinski definition) is 2. The molecule has 1 aromatic carbocycles. The summed E-state index contributed by atoms with van der Waals surface area (Å²) in [5, 5.41) is 3.21. The average Bonchev–Trinajstić information content (AvgIpc) is 2.48. The molecular weight excluding hydrogens is 300 g/mol. The first kappa shape index (κ1) is 17.0. The third-order valence-corrected chi connectivity index (χ3v) is 4.87. The molecule has 0 unspecified atom stereocenters. The van der Waals surface area contributed by atoms with E-state index in [9.17, 15) is 8.42 Å². The summed E-state index contributed by atoms with van der Waals surface area (Å²) in [6.45, 7) is 7.81. The third-order valence-electron chi connectivity index (χ3n) is 3.47. The zero-order chi connectivity index (χ0) is 16.2. The molecule has 2 N–H and O–H groups in total. The monoisotopic (exact) mass is 324 g/mol. The molecule has 0 fully saturated rings. The first-order valence-electron chi connectivity index (χ1n) is 7.54. The molecule has 0 radical (unpaired) electrons. The van der Waals surface area contributed by atoms with Crippen LogP contribution in [0.2, 0.25) is 0 Å². The molecule has 0 saturated carbocycles. The number of hydrogen-bond acceptors (Lipinski definition) is 4. The normalized spacial score (nSPS) is 15.7. The summed E-state index contributed by atoms with van der Waals surface area (Å²) in [5.41, 5.74) is 1.94. The Hall–Kier alpha value is -1.37. The van der Waals surface area contributed by atoms with Crippen molar-refractivity contribution < 1.29 is 13.2 Å². The molecule has 1 heterocycles. The lowest BCUT2D eigenvalue weighted by atomic mass is 10.1. The highest BCUT2D eigenvalue weighted by atomic mass is 32.2. The molecule has 0 amide bonds. The summed E-state index contributed by atoms with van der Waals surface area (Å²) in [6.07, 6.45) is 2.98. The molecule has 22 heavy (non-hydrogen) atoms. The second kappa shape index (κ2) is 7.26. The zero-order valence-electron chi connectivity index (χ0n) is 13.3. The zero-order valence-corrected chi connectivity index (χ0v) is 14.2. The first-order chi connectivity index (χ1) is 10.4. The SMILES string of the molecule is Cc1cc(S(=O)(=O)NCC2=CCNCC2)ccc1OC(C)C. The van der Waals surface area contributed by atoms with Crippen molar-refractivity contribution in [2.24, 2.45) is 0 Å². The predicted molar refractivity (Wildman–Crippen MR) is 87.7 cm³/mol. The fourth-order valence-electron chi connectivity index (χ4n) is 2.28. The van der Waals surface area contributed by atoms with Crippen LogP contribution in [-0.2, 0) is 10.0 Å². The molecule has 1 aliphatic heterocycles. The highest BCUT2D eigenvalue weighted by Gasteiger charge is 2.16. The van der Waals surface area contributed by atoms with E-state index < -0.39 is 10.0 Å². The fourth-order valence-corrected chi connectivity index (χ4v) is 3.40. The molecule has 0 aromatic heterocycles. The lowest BCUT2D eigenvalue weighted by molar-refractivity contribution is 0.240. The number of sulfonamides is 1. The van der Waals surface area contributed by atoms with Crippen LogP contribution in [0.1, 0.15) is 25.8 Å². The van der Waals surface area contributed by atoms with E-state index >= 15 is 0 Å². The van der Waals surface area contributed by atoms with Crippen molar-refractivity contribution >= 4 is 10.0 Å². The molecule has 2 rings (SSSR count). The maximum atomic E-state index is 12.4. The van der Waals surface area contributed by atoms with Crippen molar-refractivity contribution in [3.8, 4) is 5.75 Å². The lowest BCUT2D eigenvalue weighted by Gasteiger charge is -2.16. The Morgan fingerprint density at radius 2 is 2.14 bits per heavy atom. The second-order valence-corrected chi connectivity index (χ2v) is 7.50. The fraction of sp³-hybridized carbons (Fsp3) is 0.500. The number of ether oxygens (including phenoxy) is 1. The number of rotatable bonds is 6. The maximum Gasteiger partial charge on any atom is 0.240 e. The van der Waals surface area contributed by atoms with Gasteiger partial charge in [-0.25, -0.2) is 13.1 Å². The standard InChI is InChI=1S/C16H24N2O3S/c1-12(2)21-16-5-4-15(10-13(16)3)22(19,20)18-11-14-6-8-17-9-7-14/h4-6,10,12,17-18H,7-9,11H2,1-3H3. The predicted octanol–water partition coefficient (Wildman–Crippen LogP) is 1.98. The van der Waals surface area contributed by atoms with Crippen LogP contribution in [-0.4, -0.2) is 34.2 Å². The molecular formula is C16H24N2O3S. The van der Waals surface area contributed by atoms with Crippen LogP contribution in [0.15, 0.2) is 34.7 Å². The quantitative estimate of drug-likeness (QED) is 0.785. The molecule has 0 saturated heterocycles. The molecule has 5 nitrogen and oxygen atoms in total. The Morgan fingerprint density at radius 3 is 2.73 bits per heavy atom.